The summed E-state index contributed by atoms with van der Waals surface area (Å²) in [4.78, 5) is 2.29. The van der Waals surface area contributed by atoms with E-state index >= 15 is 0 Å². The van der Waals surface area contributed by atoms with Crippen LogP contribution in [0.3, 0.4) is 0 Å². The van der Waals surface area contributed by atoms with Crippen LogP contribution < -0.4 is 10.0 Å². The number of nitrogens with zero attached hydrogens (tertiary/aromatic N) is 1. The normalized spacial score (nSPS) is 12.2. The number of sulfonamides is 1. The Morgan fingerprint density at radius 2 is 1.71 bits per heavy atom. The van der Waals surface area contributed by atoms with Crippen LogP contribution in [0.1, 0.15) is 26.7 Å². The Labute approximate surface area is 106 Å². The highest BCUT2D eigenvalue weighted by Crippen LogP contribution is 1.92. The van der Waals surface area contributed by atoms with Gasteiger partial charge in [-0.25, -0.2) is 13.1 Å². The first-order valence-corrected chi connectivity index (χ1v) is 8.05. The maximum Gasteiger partial charge on any atom is 0.211 e. The standard InChI is InChI=1S/C11H27N3O2S/c1-4-14(5-2)10-6-9-13-17(15,16)11-7-8-12-3/h12-13H,4-11H2,1-3H3. The highest BCUT2D eigenvalue weighted by molar-refractivity contribution is 7.89. The van der Waals surface area contributed by atoms with E-state index in [1.54, 1.807) is 0 Å². The van der Waals surface area contributed by atoms with Gasteiger partial charge in [-0.2, -0.15) is 0 Å². The second-order valence-electron chi connectivity index (χ2n) is 4.05. The zero-order valence-electron chi connectivity index (χ0n) is 11.3. The van der Waals surface area contributed by atoms with Crippen molar-refractivity contribution in [3.63, 3.8) is 0 Å². The van der Waals surface area contributed by atoms with E-state index in [0.29, 0.717) is 13.0 Å². The lowest BCUT2D eigenvalue weighted by atomic mass is 10.4. The van der Waals surface area contributed by atoms with Crippen LogP contribution in [0.25, 0.3) is 0 Å². The third-order valence-electron chi connectivity index (χ3n) is 2.71. The minimum atomic E-state index is -3.07. The number of hydrogen-bond donors (Lipinski definition) is 2. The Kier molecular flexibility index (Phi) is 9.72. The fourth-order valence-electron chi connectivity index (χ4n) is 1.58. The molecule has 0 fully saturated rings. The molecule has 17 heavy (non-hydrogen) atoms. The summed E-state index contributed by atoms with van der Waals surface area (Å²) in [7, 11) is -1.25. The van der Waals surface area contributed by atoms with E-state index in [0.717, 1.165) is 32.6 Å². The quantitative estimate of drug-likeness (QED) is 0.526. The van der Waals surface area contributed by atoms with E-state index in [2.05, 4.69) is 28.8 Å². The molecule has 0 aromatic carbocycles. The number of hydrogen-bond acceptors (Lipinski definition) is 4. The SMILES string of the molecule is CCN(CC)CCCNS(=O)(=O)CCCNC. The van der Waals surface area contributed by atoms with Gasteiger partial charge >= 0.3 is 0 Å². The lowest BCUT2D eigenvalue weighted by molar-refractivity contribution is 0.300. The molecule has 0 aliphatic carbocycles. The topological polar surface area (TPSA) is 61.4 Å². The van der Waals surface area contributed by atoms with Crippen LogP contribution >= 0.6 is 0 Å². The Hall–Kier alpha value is -0.170. The summed E-state index contributed by atoms with van der Waals surface area (Å²) in [6.45, 7) is 8.50. The minimum Gasteiger partial charge on any atom is -0.320 e. The van der Waals surface area contributed by atoms with Crippen LogP contribution in [0.2, 0.25) is 0 Å². The van der Waals surface area contributed by atoms with Crippen molar-refractivity contribution >= 4 is 10.0 Å². The van der Waals surface area contributed by atoms with Crippen LogP contribution in [-0.2, 0) is 10.0 Å². The molecule has 0 aromatic rings. The molecule has 104 valence electrons. The average molecular weight is 265 g/mol. The Morgan fingerprint density at radius 1 is 1.06 bits per heavy atom. The third kappa shape index (κ3) is 9.52. The smallest absolute Gasteiger partial charge is 0.211 e. The molecule has 2 N–H and O–H groups in total. The maximum atomic E-state index is 11.5. The summed E-state index contributed by atoms with van der Waals surface area (Å²) >= 11 is 0. The average Bonchev–Trinajstić information content (AvgIpc) is 2.29. The van der Waals surface area contributed by atoms with Crippen molar-refractivity contribution in [2.24, 2.45) is 0 Å². The zero-order valence-corrected chi connectivity index (χ0v) is 12.1. The van der Waals surface area contributed by atoms with Crippen LogP contribution in [-0.4, -0.2) is 58.8 Å². The van der Waals surface area contributed by atoms with Crippen molar-refractivity contribution in [3.05, 3.63) is 0 Å². The lowest BCUT2D eigenvalue weighted by Crippen LogP contribution is -2.31. The molecule has 0 unspecified atom stereocenters. The van der Waals surface area contributed by atoms with Crippen molar-refractivity contribution in [2.45, 2.75) is 26.7 Å². The van der Waals surface area contributed by atoms with E-state index in [1.807, 2.05) is 7.05 Å². The first-order chi connectivity index (χ1) is 8.05. The molecule has 0 aliphatic heterocycles. The van der Waals surface area contributed by atoms with E-state index in [9.17, 15) is 8.42 Å². The van der Waals surface area contributed by atoms with Gasteiger partial charge in [0.05, 0.1) is 5.75 Å². The maximum absolute atomic E-state index is 11.5. The predicted octanol–water partition coefficient (Wildman–Crippen LogP) is 0.247. The fraction of sp³-hybridized carbons (Fsp3) is 1.00. The molecule has 0 rings (SSSR count). The largest absolute Gasteiger partial charge is 0.320 e. The van der Waals surface area contributed by atoms with Crippen LogP contribution in [0.4, 0.5) is 0 Å². The Balaban J connectivity index is 3.65. The monoisotopic (exact) mass is 265 g/mol. The number of rotatable bonds is 11. The highest BCUT2D eigenvalue weighted by Gasteiger charge is 2.08. The minimum absolute atomic E-state index is 0.207. The van der Waals surface area contributed by atoms with Crippen LogP contribution in [0.5, 0.6) is 0 Å². The highest BCUT2D eigenvalue weighted by atomic mass is 32.2. The van der Waals surface area contributed by atoms with Gasteiger partial charge in [0, 0.05) is 6.54 Å². The summed E-state index contributed by atoms with van der Waals surface area (Å²) in [6.07, 6.45) is 1.52. The van der Waals surface area contributed by atoms with Crippen LogP contribution in [0.15, 0.2) is 0 Å². The molecule has 0 aromatic heterocycles. The van der Waals surface area contributed by atoms with Gasteiger partial charge in [-0.05, 0) is 46.1 Å². The molecule has 0 saturated heterocycles. The molecule has 0 bridgehead atoms. The van der Waals surface area contributed by atoms with Gasteiger partial charge in [-0.3, -0.25) is 0 Å². The molecule has 6 heteroatoms. The molecule has 0 spiro atoms. The fourth-order valence-corrected chi connectivity index (χ4v) is 2.71. The van der Waals surface area contributed by atoms with Gasteiger partial charge < -0.3 is 10.2 Å². The molecule has 0 heterocycles. The molecular weight excluding hydrogens is 238 g/mol. The summed E-state index contributed by atoms with van der Waals surface area (Å²) in [5.41, 5.74) is 0. The Morgan fingerprint density at radius 3 is 2.24 bits per heavy atom. The molecular formula is C11H27N3O2S. The van der Waals surface area contributed by atoms with Crippen molar-refractivity contribution in [1.29, 1.82) is 0 Å². The summed E-state index contributed by atoms with van der Waals surface area (Å²) in [5, 5.41) is 2.94. The molecule has 0 atom stereocenters. The molecule has 0 radical (unpaired) electrons. The van der Waals surface area contributed by atoms with E-state index < -0.39 is 10.0 Å². The summed E-state index contributed by atoms with van der Waals surface area (Å²) in [5.74, 6) is 0.207. The summed E-state index contributed by atoms with van der Waals surface area (Å²) < 4.78 is 25.7. The Bertz CT molecular complexity index is 264. The zero-order chi connectivity index (χ0) is 13.1. The second kappa shape index (κ2) is 9.82. The van der Waals surface area contributed by atoms with Crippen molar-refractivity contribution in [3.8, 4) is 0 Å². The van der Waals surface area contributed by atoms with Gasteiger partial charge in [0.25, 0.3) is 0 Å². The van der Waals surface area contributed by atoms with Gasteiger partial charge in [0.1, 0.15) is 0 Å². The third-order valence-corrected chi connectivity index (χ3v) is 4.18. The van der Waals surface area contributed by atoms with E-state index in [4.69, 9.17) is 0 Å². The summed E-state index contributed by atoms with van der Waals surface area (Å²) in [6, 6.07) is 0. The predicted molar refractivity (Wildman–Crippen MR) is 72.7 cm³/mol. The number of nitrogens with one attached hydrogen (secondary N) is 2. The molecule has 5 nitrogen and oxygen atoms in total. The van der Waals surface area contributed by atoms with Crippen LogP contribution in [0, 0.1) is 0 Å². The van der Waals surface area contributed by atoms with Crippen molar-refractivity contribution in [1.82, 2.24) is 14.9 Å². The first kappa shape index (κ1) is 16.8. The second-order valence-corrected chi connectivity index (χ2v) is 5.98. The van der Waals surface area contributed by atoms with Crippen molar-refractivity contribution < 1.29 is 8.42 Å². The van der Waals surface area contributed by atoms with Crippen molar-refractivity contribution in [2.75, 3.05) is 45.5 Å². The van der Waals surface area contributed by atoms with Gasteiger partial charge in [0.15, 0.2) is 0 Å². The van der Waals surface area contributed by atoms with E-state index in [1.165, 1.54) is 0 Å². The molecule has 0 amide bonds. The first-order valence-electron chi connectivity index (χ1n) is 6.40. The molecule has 0 saturated carbocycles. The van der Waals surface area contributed by atoms with Gasteiger partial charge in [-0.1, -0.05) is 13.8 Å². The molecule has 0 aliphatic rings. The lowest BCUT2D eigenvalue weighted by Gasteiger charge is -2.17. The van der Waals surface area contributed by atoms with Gasteiger partial charge in [-0.15, -0.1) is 0 Å². The van der Waals surface area contributed by atoms with E-state index in [-0.39, 0.29) is 5.75 Å². The van der Waals surface area contributed by atoms with Gasteiger partial charge in [0.2, 0.25) is 10.0 Å².